The fourth-order valence-corrected chi connectivity index (χ4v) is 3.80. The minimum absolute atomic E-state index is 0.0227. The Bertz CT molecular complexity index is 487. The Morgan fingerprint density at radius 1 is 1.32 bits per heavy atom. The normalized spacial score (nSPS) is 24.3. The number of benzene rings is 1. The van der Waals surface area contributed by atoms with E-state index >= 15 is 0 Å². The molecule has 2 rings (SSSR count). The summed E-state index contributed by atoms with van der Waals surface area (Å²) in [5.41, 5.74) is 1.06. The molecule has 4 nitrogen and oxygen atoms in total. The summed E-state index contributed by atoms with van der Waals surface area (Å²) in [6.45, 7) is 3.01. The Morgan fingerprint density at radius 3 is 2.74 bits per heavy atom. The third-order valence-corrected chi connectivity index (χ3v) is 5.00. The zero-order valence-electron chi connectivity index (χ0n) is 11.3. The van der Waals surface area contributed by atoms with Crippen LogP contribution in [-0.4, -0.2) is 32.8 Å². The second-order valence-electron chi connectivity index (χ2n) is 5.16. The largest absolute Gasteiger partial charge is 0.313 e. The lowest BCUT2D eigenvalue weighted by Gasteiger charge is -2.30. The van der Waals surface area contributed by atoms with E-state index in [1.54, 1.807) is 0 Å². The van der Waals surface area contributed by atoms with Crippen molar-refractivity contribution in [3.63, 3.8) is 0 Å². The molecule has 2 N–H and O–H groups in total. The first-order valence-corrected chi connectivity index (χ1v) is 8.49. The highest BCUT2D eigenvalue weighted by atomic mass is 32.2. The van der Waals surface area contributed by atoms with Gasteiger partial charge in [-0.2, -0.15) is 0 Å². The number of rotatable bonds is 5. The number of sulfonamides is 1. The number of hydrogen-bond donors (Lipinski definition) is 2. The topological polar surface area (TPSA) is 58.2 Å². The van der Waals surface area contributed by atoms with Crippen molar-refractivity contribution in [1.29, 1.82) is 0 Å². The zero-order valence-corrected chi connectivity index (χ0v) is 12.1. The van der Waals surface area contributed by atoms with Crippen molar-refractivity contribution in [3.05, 3.63) is 35.9 Å². The molecular formula is C14H22N2O2S. The molecule has 106 valence electrons. The van der Waals surface area contributed by atoms with Crippen molar-refractivity contribution in [2.45, 2.75) is 38.3 Å². The molecule has 1 aromatic rings. The van der Waals surface area contributed by atoms with E-state index in [4.69, 9.17) is 0 Å². The predicted molar refractivity (Wildman–Crippen MR) is 77.6 cm³/mol. The molecule has 2 unspecified atom stereocenters. The van der Waals surface area contributed by atoms with E-state index in [2.05, 4.69) is 10.0 Å². The summed E-state index contributed by atoms with van der Waals surface area (Å²) in [6.07, 6.45) is 2.50. The summed E-state index contributed by atoms with van der Waals surface area (Å²) >= 11 is 0. The summed E-state index contributed by atoms with van der Waals surface area (Å²) < 4.78 is 27.0. The fourth-order valence-electron chi connectivity index (χ4n) is 2.39. The van der Waals surface area contributed by atoms with E-state index in [0.717, 1.165) is 24.9 Å². The maximum Gasteiger partial charge on any atom is 0.212 e. The lowest BCUT2D eigenvalue weighted by atomic mass is 10.0. The minimum atomic E-state index is -3.20. The molecule has 1 aromatic carbocycles. The van der Waals surface area contributed by atoms with Gasteiger partial charge in [-0.1, -0.05) is 30.3 Å². The van der Waals surface area contributed by atoms with Crippen LogP contribution in [0.5, 0.6) is 0 Å². The molecule has 0 amide bonds. The van der Waals surface area contributed by atoms with Crippen LogP contribution in [0.1, 0.15) is 25.3 Å². The standard InChI is InChI=1S/C14H22N2O2S/c1-12-14(8-5-10-15-12)16-19(17,18)11-9-13-6-3-2-4-7-13/h2-4,6-7,12,14-16H,5,8-11H2,1H3. The van der Waals surface area contributed by atoms with Crippen LogP contribution >= 0.6 is 0 Å². The summed E-state index contributed by atoms with van der Waals surface area (Å²) in [6, 6.07) is 9.95. The van der Waals surface area contributed by atoms with Gasteiger partial charge in [0.25, 0.3) is 0 Å². The molecule has 5 heteroatoms. The van der Waals surface area contributed by atoms with Crippen LogP contribution < -0.4 is 10.0 Å². The highest BCUT2D eigenvalue weighted by Crippen LogP contribution is 2.10. The van der Waals surface area contributed by atoms with Gasteiger partial charge in [0.15, 0.2) is 0 Å². The van der Waals surface area contributed by atoms with Crippen molar-refractivity contribution in [3.8, 4) is 0 Å². The van der Waals surface area contributed by atoms with Crippen molar-refractivity contribution in [2.75, 3.05) is 12.3 Å². The predicted octanol–water partition coefficient (Wildman–Crippen LogP) is 1.29. The van der Waals surface area contributed by atoms with Crippen LogP contribution in [0.25, 0.3) is 0 Å². The van der Waals surface area contributed by atoms with Gasteiger partial charge >= 0.3 is 0 Å². The summed E-state index contributed by atoms with van der Waals surface area (Å²) in [4.78, 5) is 0. The molecule has 0 saturated carbocycles. The maximum absolute atomic E-state index is 12.1. The Labute approximate surface area is 115 Å². The monoisotopic (exact) mass is 282 g/mol. The lowest BCUT2D eigenvalue weighted by molar-refractivity contribution is 0.349. The van der Waals surface area contributed by atoms with E-state index in [0.29, 0.717) is 6.42 Å². The lowest BCUT2D eigenvalue weighted by Crippen LogP contribution is -2.52. The summed E-state index contributed by atoms with van der Waals surface area (Å²) in [5.74, 6) is 0.153. The first kappa shape index (κ1) is 14.5. The maximum atomic E-state index is 12.1. The van der Waals surface area contributed by atoms with Crippen molar-refractivity contribution in [1.82, 2.24) is 10.0 Å². The highest BCUT2D eigenvalue weighted by molar-refractivity contribution is 7.89. The molecule has 2 atom stereocenters. The van der Waals surface area contributed by atoms with E-state index in [1.807, 2.05) is 37.3 Å². The van der Waals surface area contributed by atoms with Gasteiger partial charge in [-0.05, 0) is 38.3 Å². The van der Waals surface area contributed by atoms with Gasteiger partial charge in [0.1, 0.15) is 0 Å². The van der Waals surface area contributed by atoms with Crippen molar-refractivity contribution < 1.29 is 8.42 Å². The van der Waals surface area contributed by atoms with Gasteiger partial charge in [-0.3, -0.25) is 0 Å². The Balaban J connectivity index is 1.88. The molecule has 0 radical (unpaired) electrons. The molecule has 1 aliphatic heterocycles. The molecule has 0 bridgehead atoms. The van der Waals surface area contributed by atoms with Gasteiger partial charge in [0.2, 0.25) is 10.0 Å². The highest BCUT2D eigenvalue weighted by Gasteiger charge is 2.25. The Hall–Kier alpha value is -0.910. The number of aryl methyl sites for hydroxylation is 1. The van der Waals surface area contributed by atoms with Crippen molar-refractivity contribution >= 4 is 10.0 Å². The second kappa shape index (κ2) is 6.50. The minimum Gasteiger partial charge on any atom is -0.313 e. The van der Waals surface area contributed by atoms with E-state index in [9.17, 15) is 8.42 Å². The third-order valence-electron chi connectivity index (χ3n) is 3.59. The van der Waals surface area contributed by atoms with Crippen LogP contribution in [0.3, 0.4) is 0 Å². The van der Waals surface area contributed by atoms with Crippen LogP contribution in [0, 0.1) is 0 Å². The average molecular weight is 282 g/mol. The van der Waals surface area contributed by atoms with Crippen LogP contribution in [0.15, 0.2) is 30.3 Å². The molecule has 1 fully saturated rings. The third kappa shape index (κ3) is 4.60. The smallest absolute Gasteiger partial charge is 0.212 e. The molecule has 0 aromatic heterocycles. The van der Waals surface area contributed by atoms with Crippen molar-refractivity contribution in [2.24, 2.45) is 0 Å². The molecule has 1 saturated heterocycles. The molecule has 1 heterocycles. The van der Waals surface area contributed by atoms with Gasteiger partial charge in [-0.25, -0.2) is 13.1 Å². The first-order valence-electron chi connectivity index (χ1n) is 6.84. The van der Waals surface area contributed by atoms with Gasteiger partial charge in [-0.15, -0.1) is 0 Å². The number of nitrogens with one attached hydrogen (secondary N) is 2. The molecule has 19 heavy (non-hydrogen) atoms. The second-order valence-corrected chi connectivity index (χ2v) is 7.04. The quantitative estimate of drug-likeness (QED) is 0.855. The number of hydrogen-bond acceptors (Lipinski definition) is 3. The molecule has 1 aliphatic rings. The van der Waals surface area contributed by atoms with Gasteiger partial charge in [0, 0.05) is 12.1 Å². The van der Waals surface area contributed by atoms with Gasteiger partial charge in [0.05, 0.1) is 5.75 Å². The van der Waals surface area contributed by atoms with Crippen LogP contribution in [-0.2, 0) is 16.4 Å². The molecular weight excluding hydrogens is 260 g/mol. The van der Waals surface area contributed by atoms with E-state index < -0.39 is 10.0 Å². The Morgan fingerprint density at radius 2 is 2.05 bits per heavy atom. The summed E-state index contributed by atoms with van der Waals surface area (Å²) in [5, 5.41) is 3.30. The Kier molecular flexibility index (Phi) is 4.96. The van der Waals surface area contributed by atoms with E-state index in [-0.39, 0.29) is 17.8 Å². The zero-order chi connectivity index (χ0) is 13.7. The number of piperidine rings is 1. The van der Waals surface area contributed by atoms with Crippen LogP contribution in [0.4, 0.5) is 0 Å². The first-order chi connectivity index (χ1) is 9.07. The summed E-state index contributed by atoms with van der Waals surface area (Å²) in [7, 11) is -3.20. The average Bonchev–Trinajstić information content (AvgIpc) is 2.40. The van der Waals surface area contributed by atoms with Gasteiger partial charge < -0.3 is 5.32 Å². The fraction of sp³-hybridized carbons (Fsp3) is 0.571. The molecule has 0 aliphatic carbocycles. The van der Waals surface area contributed by atoms with E-state index in [1.165, 1.54) is 0 Å². The van der Waals surface area contributed by atoms with Crippen LogP contribution in [0.2, 0.25) is 0 Å². The molecule has 0 spiro atoms. The SMILES string of the molecule is CC1NCCCC1NS(=O)(=O)CCc1ccccc1.